The molecule has 28 heavy (non-hydrogen) atoms. The summed E-state index contributed by atoms with van der Waals surface area (Å²) in [7, 11) is 0. The molecule has 1 saturated heterocycles. The van der Waals surface area contributed by atoms with Crippen LogP contribution in [0, 0.1) is 17.8 Å². The lowest BCUT2D eigenvalue weighted by Crippen LogP contribution is -2.49. The van der Waals surface area contributed by atoms with E-state index in [0.717, 1.165) is 25.8 Å². The summed E-state index contributed by atoms with van der Waals surface area (Å²) in [6, 6.07) is 3.67. The summed E-state index contributed by atoms with van der Waals surface area (Å²) in [4.78, 5) is 31.3. The molecule has 2 fully saturated rings. The maximum absolute atomic E-state index is 12.6. The van der Waals surface area contributed by atoms with Gasteiger partial charge in [-0.2, -0.15) is 0 Å². The molecule has 1 aliphatic carbocycles. The fraction of sp³-hybridized carbons (Fsp3) is 0.667. The average Bonchev–Trinajstić information content (AvgIpc) is 2.67. The highest BCUT2D eigenvalue weighted by atomic mass is 35.5. The third-order valence-electron chi connectivity index (χ3n) is 6.28. The molecule has 154 valence electrons. The number of nitrogens with zero attached hydrogens (tertiary/aromatic N) is 2. The molecule has 1 saturated carbocycles. The summed E-state index contributed by atoms with van der Waals surface area (Å²) in [5.41, 5.74) is 0. The van der Waals surface area contributed by atoms with E-state index in [9.17, 15) is 9.59 Å². The van der Waals surface area contributed by atoms with Crippen molar-refractivity contribution in [3.8, 4) is 0 Å². The van der Waals surface area contributed by atoms with Crippen LogP contribution in [0.2, 0.25) is 5.02 Å². The van der Waals surface area contributed by atoms with Crippen molar-refractivity contribution in [2.45, 2.75) is 52.0 Å². The second-order valence-corrected chi connectivity index (χ2v) is 8.80. The van der Waals surface area contributed by atoms with Crippen molar-refractivity contribution in [1.29, 1.82) is 0 Å². The third-order valence-corrected chi connectivity index (χ3v) is 6.50. The monoisotopic (exact) mass is 406 g/mol. The number of likely N-dealkylation sites (tertiary alicyclic amines) is 1. The highest BCUT2D eigenvalue weighted by Gasteiger charge is 2.30. The molecule has 7 heteroatoms. The van der Waals surface area contributed by atoms with Crippen molar-refractivity contribution in [1.82, 2.24) is 15.2 Å². The van der Waals surface area contributed by atoms with Crippen molar-refractivity contribution in [2.75, 3.05) is 25.0 Å². The summed E-state index contributed by atoms with van der Waals surface area (Å²) < 4.78 is 0. The quantitative estimate of drug-likeness (QED) is 0.786. The number of aromatic nitrogens is 1. The SMILES string of the molecule is CC1CCCC(NC(=O)CN2CCCC(C(=O)Nc3ccc(Cl)cn3)C2)C1C. The molecule has 3 rings (SSSR count). The van der Waals surface area contributed by atoms with Crippen molar-refractivity contribution in [3.05, 3.63) is 23.4 Å². The molecule has 0 spiro atoms. The molecule has 6 nitrogen and oxygen atoms in total. The normalized spacial score (nSPS) is 28.5. The molecule has 0 radical (unpaired) electrons. The first-order valence-electron chi connectivity index (χ1n) is 10.4. The van der Waals surface area contributed by atoms with Crippen molar-refractivity contribution < 1.29 is 9.59 Å². The van der Waals surface area contributed by atoms with E-state index in [-0.39, 0.29) is 23.8 Å². The fourth-order valence-corrected chi connectivity index (χ4v) is 4.44. The van der Waals surface area contributed by atoms with Gasteiger partial charge in [0.2, 0.25) is 11.8 Å². The summed E-state index contributed by atoms with van der Waals surface area (Å²) in [5, 5.41) is 6.62. The summed E-state index contributed by atoms with van der Waals surface area (Å²) in [5.74, 6) is 1.58. The van der Waals surface area contributed by atoms with Gasteiger partial charge in [-0.15, -0.1) is 0 Å². The van der Waals surface area contributed by atoms with Gasteiger partial charge in [0.1, 0.15) is 5.82 Å². The number of carbonyl (C=O) groups excluding carboxylic acids is 2. The lowest BCUT2D eigenvalue weighted by molar-refractivity contribution is -0.126. The Bertz CT molecular complexity index is 681. The molecule has 0 bridgehead atoms. The predicted octanol–water partition coefficient (Wildman–Crippen LogP) is 3.33. The Morgan fingerprint density at radius 3 is 2.79 bits per heavy atom. The van der Waals surface area contributed by atoms with Crippen LogP contribution in [0.1, 0.15) is 46.0 Å². The van der Waals surface area contributed by atoms with Crippen LogP contribution in [0.5, 0.6) is 0 Å². The van der Waals surface area contributed by atoms with Crippen LogP contribution in [0.15, 0.2) is 18.3 Å². The van der Waals surface area contributed by atoms with Gasteiger partial charge in [-0.25, -0.2) is 4.98 Å². The molecule has 4 atom stereocenters. The zero-order chi connectivity index (χ0) is 20.1. The molecule has 2 amide bonds. The van der Waals surface area contributed by atoms with Gasteiger partial charge in [0.25, 0.3) is 0 Å². The summed E-state index contributed by atoms with van der Waals surface area (Å²) in [6.45, 7) is 6.32. The van der Waals surface area contributed by atoms with Crippen LogP contribution < -0.4 is 10.6 Å². The number of anilines is 1. The number of amides is 2. The van der Waals surface area contributed by atoms with E-state index in [0.29, 0.717) is 35.8 Å². The minimum atomic E-state index is -0.132. The molecule has 2 N–H and O–H groups in total. The highest BCUT2D eigenvalue weighted by Crippen LogP contribution is 2.29. The first-order chi connectivity index (χ1) is 13.4. The van der Waals surface area contributed by atoms with E-state index in [1.807, 2.05) is 0 Å². The van der Waals surface area contributed by atoms with Crippen molar-refractivity contribution >= 4 is 29.2 Å². The van der Waals surface area contributed by atoms with Gasteiger partial charge in [-0.05, 0) is 49.8 Å². The minimum Gasteiger partial charge on any atom is -0.352 e. The molecule has 1 aromatic heterocycles. The highest BCUT2D eigenvalue weighted by molar-refractivity contribution is 6.30. The number of halogens is 1. The summed E-state index contributed by atoms with van der Waals surface area (Å²) in [6.07, 6.45) is 6.75. The maximum Gasteiger partial charge on any atom is 0.234 e. The number of nitrogens with one attached hydrogen (secondary N) is 2. The van der Waals surface area contributed by atoms with Crippen LogP contribution >= 0.6 is 11.6 Å². The number of pyridine rings is 1. The van der Waals surface area contributed by atoms with E-state index < -0.39 is 0 Å². The van der Waals surface area contributed by atoms with Crippen molar-refractivity contribution in [3.63, 3.8) is 0 Å². The van der Waals surface area contributed by atoms with Crippen LogP contribution in [-0.2, 0) is 9.59 Å². The Kier molecular flexibility index (Phi) is 7.30. The molecule has 2 heterocycles. The van der Waals surface area contributed by atoms with Crippen molar-refractivity contribution in [2.24, 2.45) is 17.8 Å². The average molecular weight is 407 g/mol. The van der Waals surface area contributed by atoms with Gasteiger partial charge in [-0.1, -0.05) is 38.3 Å². The zero-order valence-electron chi connectivity index (χ0n) is 16.8. The Labute approximate surface area is 172 Å². The van der Waals surface area contributed by atoms with E-state index in [1.54, 1.807) is 12.1 Å². The van der Waals surface area contributed by atoms with Gasteiger partial charge >= 0.3 is 0 Å². The maximum atomic E-state index is 12.6. The largest absolute Gasteiger partial charge is 0.352 e. The zero-order valence-corrected chi connectivity index (χ0v) is 17.5. The Morgan fingerprint density at radius 2 is 2.04 bits per heavy atom. The second-order valence-electron chi connectivity index (χ2n) is 8.37. The number of carbonyl (C=O) groups is 2. The number of piperidine rings is 1. The lowest BCUT2D eigenvalue weighted by Gasteiger charge is -2.36. The topological polar surface area (TPSA) is 74.3 Å². The molecule has 1 aliphatic heterocycles. The molecular formula is C21H31ClN4O2. The van der Waals surface area contributed by atoms with Crippen LogP contribution in [0.25, 0.3) is 0 Å². The molecular weight excluding hydrogens is 376 g/mol. The van der Waals surface area contributed by atoms with Crippen LogP contribution in [0.4, 0.5) is 5.82 Å². The van der Waals surface area contributed by atoms with E-state index in [4.69, 9.17) is 11.6 Å². The summed E-state index contributed by atoms with van der Waals surface area (Å²) >= 11 is 5.83. The van der Waals surface area contributed by atoms with Gasteiger partial charge in [0, 0.05) is 18.8 Å². The second kappa shape index (κ2) is 9.70. The van der Waals surface area contributed by atoms with Gasteiger partial charge in [0.15, 0.2) is 0 Å². The van der Waals surface area contributed by atoms with E-state index in [1.165, 1.54) is 19.0 Å². The van der Waals surface area contributed by atoms with E-state index >= 15 is 0 Å². The molecule has 2 aliphatic rings. The van der Waals surface area contributed by atoms with Crippen LogP contribution in [0.3, 0.4) is 0 Å². The first kappa shape index (κ1) is 21.1. The number of rotatable bonds is 5. The Morgan fingerprint density at radius 1 is 1.21 bits per heavy atom. The number of hydrogen-bond acceptors (Lipinski definition) is 4. The fourth-order valence-electron chi connectivity index (χ4n) is 4.33. The first-order valence-corrected chi connectivity index (χ1v) is 10.7. The Hall–Kier alpha value is -1.66. The lowest BCUT2D eigenvalue weighted by atomic mass is 9.78. The molecule has 1 aromatic rings. The Balaban J connectivity index is 1.48. The molecule has 0 aromatic carbocycles. The minimum absolute atomic E-state index is 0.0466. The van der Waals surface area contributed by atoms with Gasteiger partial charge in [0.05, 0.1) is 17.5 Å². The molecule has 4 unspecified atom stereocenters. The standard InChI is InChI=1S/C21H31ClN4O2/c1-14-5-3-7-18(15(14)2)24-20(27)13-26-10-4-6-16(12-26)21(28)25-19-9-8-17(22)11-23-19/h8-9,11,14-16,18H,3-7,10,12-13H2,1-2H3,(H,24,27)(H,23,25,28). The smallest absolute Gasteiger partial charge is 0.234 e. The van der Waals surface area contributed by atoms with Crippen LogP contribution in [-0.4, -0.2) is 47.4 Å². The van der Waals surface area contributed by atoms with Gasteiger partial charge < -0.3 is 10.6 Å². The number of hydrogen-bond donors (Lipinski definition) is 2. The predicted molar refractivity (Wildman–Crippen MR) is 111 cm³/mol. The van der Waals surface area contributed by atoms with Gasteiger partial charge in [-0.3, -0.25) is 14.5 Å². The van der Waals surface area contributed by atoms with E-state index in [2.05, 4.69) is 34.4 Å². The third kappa shape index (κ3) is 5.67.